The third-order valence-electron chi connectivity index (χ3n) is 6.18. The number of hydrogen-bond acceptors (Lipinski definition) is 6. The predicted molar refractivity (Wildman–Crippen MR) is 111 cm³/mol. The molecule has 30 heavy (non-hydrogen) atoms. The van der Waals surface area contributed by atoms with Gasteiger partial charge in [0.1, 0.15) is 17.6 Å². The Morgan fingerprint density at radius 1 is 1.17 bits per heavy atom. The largest absolute Gasteiger partial charge is 0.486 e. The van der Waals surface area contributed by atoms with Gasteiger partial charge in [0.15, 0.2) is 0 Å². The summed E-state index contributed by atoms with van der Waals surface area (Å²) in [5, 5.41) is 4.06. The topological polar surface area (TPSA) is 71.7 Å². The Labute approximate surface area is 175 Å². The average Bonchev–Trinajstić information content (AvgIpc) is 3.28. The van der Waals surface area contributed by atoms with Crippen LogP contribution in [0.1, 0.15) is 27.4 Å². The minimum Gasteiger partial charge on any atom is -0.486 e. The first-order chi connectivity index (χ1) is 14.5. The van der Waals surface area contributed by atoms with Crippen LogP contribution < -0.4 is 4.74 Å². The molecule has 0 saturated carbocycles. The van der Waals surface area contributed by atoms with E-state index < -0.39 is 0 Å². The summed E-state index contributed by atoms with van der Waals surface area (Å²) < 4.78 is 11.7. The molecule has 3 aromatic rings. The number of nitrogens with zero attached hydrogens (tertiary/aromatic N) is 4. The maximum Gasteiger partial charge on any atom is 0.257 e. The van der Waals surface area contributed by atoms with E-state index in [-0.39, 0.29) is 18.1 Å². The molecule has 0 bridgehead atoms. The zero-order valence-corrected chi connectivity index (χ0v) is 17.3. The lowest BCUT2D eigenvalue weighted by atomic mass is 10.0. The zero-order chi connectivity index (χ0) is 20.8. The van der Waals surface area contributed by atoms with Gasteiger partial charge in [-0.25, -0.2) is 0 Å². The number of carbonyl (C=O) groups excluding carboxylic acids is 1. The molecular formula is C23H24N4O3. The lowest BCUT2D eigenvalue weighted by molar-refractivity contribution is 0.0682. The number of likely N-dealkylation sites (N-methyl/N-ethyl adjacent to an activating group) is 1. The van der Waals surface area contributed by atoms with Crippen molar-refractivity contribution in [3.05, 3.63) is 65.3 Å². The second-order valence-electron chi connectivity index (χ2n) is 8.09. The summed E-state index contributed by atoms with van der Waals surface area (Å²) in [6, 6.07) is 9.67. The molecule has 2 unspecified atom stereocenters. The van der Waals surface area contributed by atoms with Gasteiger partial charge < -0.3 is 14.2 Å². The van der Waals surface area contributed by atoms with Crippen molar-refractivity contribution < 1.29 is 14.1 Å². The monoisotopic (exact) mass is 404 g/mol. The molecule has 2 atom stereocenters. The van der Waals surface area contributed by atoms with E-state index in [9.17, 15) is 4.79 Å². The number of ether oxygens (including phenoxy) is 1. The quantitative estimate of drug-likeness (QED) is 0.668. The van der Waals surface area contributed by atoms with Crippen molar-refractivity contribution in [2.75, 3.05) is 20.1 Å². The number of hydrogen-bond donors (Lipinski definition) is 0. The molecule has 5 rings (SSSR count). The standard InChI is InChI=1S/C23H24N4O3/c1-14-19(15(2)30-25-14)11-27-12-20-22(13-27)29-21-9-16(17-5-4-8-24-10-17)6-7-18(21)23(28)26(20)3/h4-10,20,22H,11-13H2,1-3H3. The van der Waals surface area contributed by atoms with E-state index in [1.54, 1.807) is 6.20 Å². The molecule has 1 amide bonds. The summed E-state index contributed by atoms with van der Waals surface area (Å²) in [7, 11) is 1.87. The summed E-state index contributed by atoms with van der Waals surface area (Å²) in [4.78, 5) is 21.5. The van der Waals surface area contributed by atoms with Gasteiger partial charge in [-0.2, -0.15) is 0 Å². The minimum atomic E-state index is -0.0928. The highest BCUT2D eigenvalue weighted by Crippen LogP contribution is 2.34. The van der Waals surface area contributed by atoms with Gasteiger partial charge >= 0.3 is 0 Å². The van der Waals surface area contributed by atoms with Crippen molar-refractivity contribution in [1.82, 2.24) is 19.9 Å². The van der Waals surface area contributed by atoms with Gasteiger partial charge in [0.25, 0.3) is 5.91 Å². The smallest absolute Gasteiger partial charge is 0.257 e. The van der Waals surface area contributed by atoms with E-state index in [0.29, 0.717) is 11.3 Å². The van der Waals surface area contributed by atoms with Crippen molar-refractivity contribution >= 4 is 5.91 Å². The molecule has 2 aromatic heterocycles. The normalized spacial score (nSPS) is 21.2. The Balaban J connectivity index is 1.43. The van der Waals surface area contributed by atoms with E-state index in [4.69, 9.17) is 9.26 Å². The third kappa shape index (κ3) is 3.15. The fraction of sp³-hybridized carbons (Fsp3) is 0.348. The second-order valence-corrected chi connectivity index (χ2v) is 8.09. The number of rotatable bonds is 3. The molecule has 7 heteroatoms. The molecule has 7 nitrogen and oxygen atoms in total. The molecule has 0 aliphatic carbocycles. The van der Waals surface area contributed by atoms with Gasteiger partial charge in [0, 0.05) is 50.2 Å². The molecule has 1 fully saturated rings. The first-order valence-electron chi connectivity index (χ1n) is 10.1. The molecule has 2 aliphatic rings. The summed E-state index contributed by atoms with van der Waals surface area (Å²) in [6.07, 6.45) is 3.47. The molecular weight excluding hydrogens is 380 g/mol. The van der Waals surface area contributed by atoms with Crippen molar-refractivity contribution in [3.8, 4) is 16.9 Å². The Morgan fingerprint density at radius 3 is 2.77 bits per heavy atom. The van der Waals surface area contributed by atoms with Gasteiger partial charge in [0.05, 0.1) is 17.3 Å². The van der Waals surface area contributed by atoms with Crippen LogP contribution in [-0.2, 0) is 6.54 Å². The van der Waals surface area contributed by atoms with E-state index in [2.05, 4.69) is 15.0 Å². The maximum atomic E-state index is 13.1. The van der Waals surface area contributed by atoms with Gasteiger partial charge in [-0.1, -0.05) is 17.3 Å². The van der Waals surface area contributed by atoms with Crippen LogP contribution in [0, 0.1) is 13.8 Å². The van der Waals surface area contributed by atoms with Gasteiger partial charge in [-0.15, -0.1) is 0 Å². The van der Waals surface area contributed by atoms with Crippen LogP contribution in [-0.4, -0.2) is 58.1 Å². The van der Waals surface area contributed by atoms with Crippen LogP contribution >= 0.6 is 0 Å². The number of pyridine rings is 1. The number of benzene rings is 1. The average molecular weight is 404 g/mol. The number of aromatic nitrogens is 2. The Hall–Kier alpha value is -3.19. The SMILES string of the molecule is Cc1noc(C)c1CN1CC2Oc3cc(-c4cccnc4)ccc3C(=O)N(C)C2C1. The number of amides is 1. The van der Waals surface area contributed by atoms with E-state index in [0.717, 1.165) is 47.8 Å². The summed E-state index contributed by atoms with van der Waals surface area (Å²) in [5.41, 5.74) is 4.62. The molecule has 4 heterocycles. The molecule has 1 aromatic carbocycles. The summed E-state index contributed by atoms with van der Waals surface area (Å²) >= 11 is 0. The van der Waals surface area contributed by atoms with Crippen LogP contribution in [0.5, 0.6) is 5.75 Å². The van der Waals surface area contributed by atoms with Crippen LogP contribution in [0.2, 0.25) is 0 Å². The van der Waals surface area contributed by atoms with Crippen LogP contribution in [0.3, 0.4) is 0 Å². The molecule has 0 spiro atoms. The number of carbonyl (C=O) groups is 1. The molecule has 1 saturated heterocycles. The maximum absolute atomic E-state index is 13.1. The second kappa shape index (κ2) is 7.25. The van der Waals surface area contributed by atoms with E-state index >= 15 is 0 Å². The van der Waals surface area contributed by atoms with Crippen molar-refractivity contribution in [2.24, 2.45) is 0 Å². The first kappa shape index (κ1) is 18.8. The molecule has 0 N–H and O–H groups in total. The highest BCUT2D eigenvalue weighted by molar-refractivity contribution is 5.98. The van der Waals surface area contributed by atoms with Crippen LogP contribution in [0.15, 0.2) is 47.2 Å². The van der Waals surface area contributed by atoms with Crippen LogP contribution in [0.25, 0.3) is 11.1 Å². The Kier molecular flexibility index (Phi) is 4.55. The van der Waals surface area contributed by atoms with Crippen LogP contribution in [0.4, 0.5) is 0 Å². The van der Waals surface area contributed by atoms with E-state index in [1.807, 2.05) is 62.3 Å². The summed E-state index contributed by atoms with van der Waals surface area (Å²) in [6.45, 7) is 6.12. The molecule has 0 radical (unpaired) electrons. The third-order valence-corrected chi connectivity index (χ3v) is 6.18. The zero-order valence-electron chi connectivity index (χ0n) is 17.3. The Morgan fingerprint density at radius 2 is 2.03 bits per heavy atom. The minimum absolute atomic E-state index is 0.00516. The van der Waals surface area contributed by atoms with Gasteiger partial charge in [-0.3, -0.25) is 14.7 Å². The summed E-state index contributed by atoms with van der Waals surface area (Å²) in [5.74, 6) is 1.48. The van der Waals surface area contributed by atoms with Crippen molar-refractivity contribution in [1.29, 1.82) is 0 Å². The Bertz CT molecular complexity index is 1080. The number of aryl methyl sites for hydroxylation is 2. The van der Waals surface area contributed by atoms with E-state index in [1.165, 1.54) is 0 Å². The fourth-order valence-corrected chi connectivity index (χ4v) is 4.41. The van der Waals surface area contributed by atoms with Crippen molar-refractivity contribution in [3.63, 3.8) is 0 Å². The first-order valence-corrected chi connectivity index (χ1v) is 10.1. The fourth-order valence-electron chi connectivity index (χ4n) is 4.41. The van der Waals surface area contributed by atoms with Gasteiger partial charge in [-0.05, 0) is 37.6 Å². The lowest BCUT2D eigenvalue weighted by Crippen LogP contribution is -2.44. The molecule has 2 aliphatic heterocycles. The highest BCUT2D eigenvalue weighted by atomic mass is 16.5. The molecule has 154 valence electrons. The number of fused-ring (bicyclic) bond motifs is 2. The van der Waals surface area contributed by atoms with Gasteiger partial charge in [0.2, 0.25) is 0 Å². The van der Waals surface area contributed by atoms with Crippen molar-refractivity contribution in [2.45, 2.75) is 32.5 Å². The lowest BCUT2D eigenvalue weighted by Gasteiger charge is -2.25. The highest BCUT2D eigenvalue weighted by Gasteiger charge is 2.42. The number of likely N-dealkylation sites (tertiary alicyclic amines) is 1. The predicted octanol–water partition coefficient (Wildman–Crippen LogP) is 3.07.